The second-order valence-corrected chi connectivity index (χ2v) is 6.33. The molecule has 2 aromatic carbocycles. The minimum absolute atomic E-state index is 0.259. The zero-order valence-electron chi connectivity index (χ0n) is 15.4. The monoisotopic (exact) mass is 425 g/mol. The van der Waals surface area contributed by atoms with Crippen molar-refractivity contribution in [1.82, 2.24) is 0 Å². The highest BCUT2D eigenvalue weighted by Crippen LogP contribution is 2.39. The Morgan fingerprint density at radius 3 is 1.55 bits per heavy atom. The van der Waals surface area contributed by atoms with Gasteiger partial charge in [-0.1, -0.05) is 39.0 Å². The second kappa shape index (κ2) is 9.93. The summed E-state index contributed by atoms with van der Waals surface area (Å²) in [5.74, 6) is -18.8. The Kier molecular flexibility index (Phi) is 7.87. The van der Waals surface area contributed by atoms with E-state index in [1.54, 1.807) is 0 Å². The second-order valence-electron chi connectivity index (χ2n) is 6.33. The van der Waals surface area contributed by atoms with Crippen LogP contribution in [0, 0.1) is 52.6 Å². The van der Waals surface area contributed by atoms with E-state index in [1.807, 2.05) is 6.92 Å². The highest BCUT2D eigenvalue weighted by atomic mass is 19.2. The fraction of sp³-hybridized carbons (Fsp3) is 0.400. The van der Waals surface area contributed by atoms with Gasteiger partial charge in [-0.05, 0) is 6.42 Å². The molecule has 0 bridgehead atoms. The van der Waals surface area contributed by atoms with E-state index in [1.165, 1.54) is 0 Å². The largest absolute Gasteiger partial charge is 0.487 e. The molecule has 0 heterocycles. The molecule has 2 rings (SSSR count). The van der Waals surface area contributed by atoms with Crippen molar-refractivity contribution in [2.24, 2.45) is 0 Å². The number of hydrogen-bond donors (Lipinski definition) is 0. The third-order valence-electron chi connectivity index (χ3n) is 4.26. The average molecular weight is 425 g/mol. The molecule has 29 heavy (non-hydrogen) atoms. The van der Waals surface area contributed by atoms with Gasteiger partial charge in [0.05, 0.1) is 23.8 Å². The summed E-state index contributed by atoms with van der Waals surface area (Å²) >= 11 is 0. The molecule has 1 radical (unpaired) electrons. The maximum absolute atomic E-state index is 14.3. The zero-order valence-corrected chi connectivity index (χ0v) is 15.4. The van der Waals surface area contributed by atoms with Crippen molar-refractivity contribution in [3.8, 4) is 16.9 Å². The summed E-state index contributed by atoms with van der Waals surface area (Å²) in [7, 11) is 0. The molecule has 0 amide bonds. The maximum Gasteiger partial charge on any atom is 0.204 e. The highest BCUT2D eigenvalue weighted by Gasteiger charge is 2.33. The van der Waals surface area contributed by atoms with Gasteiger partial charge in [-0.2, -0.15) is 8.78 Å². The molecule has 0 fully saturated rings. The molecule has 0 unspecified atom stereocenters. The standard InChI is InChI=1S/C20H17F8O/c1-2-3-4-5-6-7-8-29-20-18(27)16(25)13(17(26)19(20)28)12-14(23)10(21)9-11(22)15(12)24/h2-8H2,1H3. The first kappa shape index (κ1) is 23.0. The van der Waals surface area contributed by atoms with E-state index in [2.05, 4.69) is 0 Å². The van der Waals surface area contributed by atoms with Crippen LogP contribution in [0.2, 0.25) is 0 Å². The lowest BCUT2D eigenvalue weighted by Crippen LogP contribution is -2.10. The van der Waals surface area contributed by atoms with E-state index < -0.39 is 63.4 Å². The Morgan fingerprint density at radius 2 is 1.03 bits per heavy atom. The van der Waals surface area contributed by atoms with Gasteiger partial charge in [0, 0.05) is 0 Å². The molecular formula is C20H17F8O. The number of ether oxygens (including phenoxy) is 1. The normalized spacial score (nSPS) is 11.2. The summed E-state index contributed by atoms with van der Waals surface area (Å²) in [6.07, 6.45) is 4.84. The summed E-state index contributed by atoms with van der Waals surface area (Å²) in [5.41, 5.74) is -3.84. The third-order valence-corrected chi connectivity index (χ3v) is 4.26. The van der Waals surface area contributed by atoms with E-state index in [0.717, 1.165) is 31.7 Å². The highest BCUT2D eigenvalue weighted by molar-refractivity contribution is 5.68. The lowest BCUT2D eigenvalue weighted by atomic mass is 10.0. The molecule has 2 aromatic rings. The molecule has 0 aliphatic rings. The van der Waals surface area contributed by atoms with Crippen LogP contribution in [0.4, 0.5) is 35.1 Å². The van der Waals surface area contributed by atoms with Crippen molar-refractivity contribution < 1.29 is 39.9 Å². The fourth-order valence-electron chi connectivity index (χ4n) is 2.76. The van der Waals surface area contributed by atoms with Gasteiger partial charge in [-0.25, -0.2) is 26.3 Å². The van der Waals surface area contributed by atoms with E-state index >= 15 is 0 Å². The Hall–Kier alpha value is -2.32. The van der Waals surface area contributed by atoms with Crippen molar-refractivity contribution in [3.05, 3.63) is 52.6 Å². The SMILES string of the molecule is CCCCCCCCOc1c(F)c(F)c(-c2c(F)c(F)[c]c(F)c2F)c(F)c1F. The summed E-state index contributed by atoms with van der Waals surface area (Å²) in [4.78, 5) is 0. The minimum Gasteiger partial charge on any atom is -0.487 e. The molecule has 0 aromatic heterocycles. The molecule has 0 atom stereocenters. The molecule has 159 valence electrons. The lowest BCUT2D eigenvalue weighted by molar-refractivity contribution is 0.264. The summed E-state index contributed by atoms with van der Waals surface area (Å²) < 4.78 is 116. The molecule has 1 nitrogen and oxygen atoms in total. The van der Waals surface area contributed by atoms with E-state index in [4.69, 9.17) is 4.74 Å². The van der Waals surface area contributed by atoms with Crippen molar-refractivity contribution >= 4 is 0 Å². The number of rotatable bonds is 9. The molecule has 9 heteroatoms. The first-order valence-electron chi connectivity index (χ1n) is 8.96. The van der Waals surface area contributed by atoms with Gasteiger partial charge in [-0.15, -0.1) is 0 Å². The van der Waals surface area contributed by atoms with Crippen LogP contribution < -0.4 is 4.74 Å². The smallest absolute Gasteiger partial charge is 0.204 e. The summed E-state index contributed by atoms with van der Waals surface area (Å²) in [6, 6.07) is 1.01. The van der Waals surface area contributed by atoms with E-state index in [0.29, 0.717) is 12.8 Å². The maximum atomic E-state index is 14.3. The fourth-order valence-corrected chi connectivity index (χ4v) is 2.76. The molecule has 0 N–H and O–H groups in total. The molecule has 0 spiro atoms. The molecule has 0 aliphatic carbocycles. The van der Waals surface area contributed by atoms with Crippen LogP contribution in [-0.2, 0) is 0 Å². The number of unbranched alkanes of at least 4 members (excludes halogenated alkanes) is 5. The van der Waals surface area contributed by atoms with Crippen molar-refractivity contribution in [3.63, 3.8) is 0 Å². The first-order chi connectivity index (χ1) is 13.7. The van der Waals surface area contributed by atoms with E-state index in [9.17, 15) is 35.1 Å². The number of benzene rings is 2. The van der Waals surface area contributed by atoms with Crippen LogP contribution in [0.25, 0.3) is 11.1 Å². The topological polar surface area (TPSA) is 9.23 Å². The van der Waals surface area contributed by atoms with Gasteiger partial charge >= 0.3 is 0 Å². The Labute approximate surface area is 162 Å². The predicted octanol–water partition coefficient (Wildman–Crippen LogP) is 7.01. The van der Waals surface area contributed by atoms with Gasteiger partial charge in [0.2, 0.25) is 11.6 Å². The van der Waals surface area contributed by atoms with Gasteiger partial charge in [0.15, 0.2) is 40.7 Å². The summed E-state index contributed by atoms with van der Waals surface area (Å²) in [5, 5.41) is 0. The molecule has 0 aliphatic heterocycles. The Bertz CT molecular complexity index is 827. The van der Waals surface area contributed by atoms with Gasteiger partial charge < -0.3 is 4.74 Å². The van der Waals surface area contributed by atoms with Crippen LogP contribution >= 0.6 is 0 Å². The minimum atomic E-state index is -2.25. The van der Waals surface area contributed by atoms with Crippen molar-refractivity contribution in [1.29, 1.82) is 0 Å². The molecule has 0 saturated heterocycles. The van der Waals surface area contributed by atoms with Crippen LogP contribution in [-0.4, -0.2) is 6.61 Å². The quantitative estimate of drug-likeness (QED) is 0.239. The predicted molar refractivity (Wildman–Crippen MR) is 89.2 cm³/mol. The van der Waals surface area contributed by atoms with Crippen LogP contribution in [0.5, 0.6) is 5.75 Å². The van der Waals surface area contributed by atoms with Crippen LogP contribution in [0.15, 0.2) is 0 Å². The number of hydrogen-bond acceptors (Lipinski definition) is 1. The first-order valence-corrected chi connectivity index (χ1v) is 8.96. The van der Waals surface area contributed by atoms with Crippen molar-refractivity contribution in [2.45, 2.75) is 45.4 Å². The van der Waals surface area contributed by atoms with Crippen molar-refractivity contribution in [2.75, 3.05) is 6.61 Å². The van der Waals surface area contributed by atoms with Gasteiger partial charge in [0.1, 0.15) is 0 Å². The Morgan fingerprint density at radius 1 is 0.586 bits per heavy atom. The molecule has 0 saturated carbocycles. The number of halogens is 8. The molecular weight excluding hydrogens is 408 g/mol. The summed E-state index contributed by atoms with van der Waals surface area (Å²) in [6.45, 7) is 1.76. The van der Waals surface area contributed by atoms with Gasteiger partial charge in [-0.3, -0.25) is 0 Å². The van der Waals surface area contributed by atoms with Crippen LogP contribution in [0.3, 0.4) is 0 Å². The Balaban J connectivity index is 2.34. The van der Waals surface area contributed by atoms with E-state index in [-0.39, 0.29) is 6.61 Å². The zero-order chi connectivity index (χ0) is 21.7. The van der Waals surface area contributed by atoms with Crippen LogP contribution in [0.1, 0.15) is 45.4 Å². The average Bonchev–Trinajstić information content (AvgIpc) is 2.69. The third kappa shape index (κ3) is 4.82. The van der Waals surface area contributed by atoms with Gasteiger partial charge in [0.25, 0.3) is 0 Å². The lowest BCUT2D eigenvalue weighted by Gasteiger charge is -2.14.